The fraction of sp³-hybridized carbons (Fsp3) is 0.150. The maximum absolute atomic E-state index is 12.8. The number of hydrogen-bond donors (Lipinski definition) is 0. The van der Waals surface area contributed by atoms with E-state index in [1.165, 1.54) is 0 Å². The van der Waals surface area contributed by atoms with Crippen LogP contribution in [-0.4, -0.2) is 18.9 Å². The van der Waals surface area contributed by atoms with E-state index in [1.807, 2.05) is 54.6 Å². The second-order valence-electron chi connectivity index (χ2n) is 5.66. The Balaban J connectivity index is 2.10. The van der Waals surface area contributed by atoms with Gasteiger partial charge in [-0.05, 0) is 51.7 Å². The van der Waals surface area contributed by atoms with Gasteiger partial charge in [-0.25, -0.2) is 0 Å². The molecule has 0 unspecified atom stereocenters. The van der Waals surface area contributed by atoms with E-state index in [2.05, 4.69) is 4.99 Å². The average molecular weight is 327 g/mol. The Bertz CT molecular complexity index is 965. The van der Waals surface area contributed by atoms with Gasteiger partial charge < -0.3 is 0 Å². The monoisotopic (exact) mass is 327 g/mol. The summed E-state index contributed by atoms with van der Waals surface area (Å²) in [6.45, 7) is 1.67. The van der Waals surface area contributed by atoms with E-state index in [0.29, 0.717) is 5.57 Å². The first-order valence-corrected chi connectivity index (χ1v) is 7.54. The summed E-state index contributed by atoms with van der Waals surface area (Å²) in [4.78, 5) is 3.34. The SMILES string of the molecule is CN=C(/C=C(\C)c1ccc2c(ccc3ccccc32)c1)C(F)(F)F. The number of alkyl halides is 3. The summed E-state index contributed by atoms with van der Waals surface area (Å²) in [6, 6.07) is 17.8. The van der Waals surface area contributed by atoms with Gasteiger partial charge in [0.15, 0.2) is 0 Å². The summed E-state index contributed by atoms with van der Waals surface area (Å²) in [5.74, 6) is 0. The van der Waals surface area contributed by atoms with Crippen LogP contribution in [0.4, 0.5) is 13.2 Å². The molecule has 0 fully saturated rings. The highest BCUT2D eigenvalue weighted by molar-refractivity contribution is 6.09. The van der Waals surface area contributed by atoms with Gasteiger partial charge >= 0.3 is 6.18 Å². The summed E-state index contributed by atoms with van der Waals surface area (Å²) >= 11 is 0. The molecule has 3 aromatic rings. The molecule has 122 valence electrons. The van der Waals surface area contributed by atoms with E-state index in [4.69, 9.17) is 0 Å². The Kier molecular flexibility index (Phi) is 4.14. The largest absolute Gasteiger partial charge is 0.432 e. The molecule has 0 aromatic heterocycles. The van der Waals surface area contributed by atoms with Crippen LogP contribution < -0.4 is 0 Å². The van der Waals surface area contributed by atoms with Gasteiger partial charge in [-0.1, -0.05) is 48.5 Å². The third-order valence-corrected chi connectivity index (χ3v) is 4.08. The number of benzene rings is 3. The number of fused-ring (bicyclic) bond motifs is 3. The van der Waals surface area contributed by atoms with Crippen molar-refractivity contribution in [1.29, 1.82) is 0 Å². The second-order valence-corrected chi connectivity index (χ2v) is 5.66. The van der Waals surface area contributed by atoms with Crippen molar-refractivity contribution in [2.24, 2.45) is 4.99 Å². The van der Waals surface area contributed by atoms with E-state index < -0.39 is 11.9 Å². The van der Waals surface area contributed by atoms with Gasteiger partial charge in [0.1, 0.15) is 5.71 Å². The molecule has 0 saturated carbocycles. The normalized spacial score (nSPS) is 13.7. The number of rotatable bonds is 2. The summed E-state index contributed by atoms with van der Waals surface area (Å²) in [5.41, 5.74) is 0.407. The number of allylic oxidation sites excluding steroid dienone is 2. The van der Waals surface area contributed by atoms with Gasteiger partial charge in [0.05, 0.1) is 0 Å². The molecular weight excluding hydrogens is 311 g/mol. The van der Waals surface area contributed by atoms with E-state index in [9.17, 15) is 13.2 Å². The first-order chi connectivity index (χ1) is 11.4. The molecule has 0 N–H and O–H groups in total. The standard InChI is InChI=1S/C20H16F3N/c1-13(11-19(24-2)20(21,22)23)15-9-10-18-16(12-15)8-7-14-5-3-4-6-17(14)18/h3-12H,1-2H3/b13-11+,24-19?. The van der Waals surface area contributed by atoms with Crippen LogP contribution in [0.3, 0.4) is 0 Å². The minimum absolute atomic E-state index is 0.531. The third-order valence-electron chi connectivity index (χ3n) is 4.08. The van der Waals surface area contributed by atoms with E-state index in [0.717, 1.165) is 40.2 Å². The lowest BCUT2D eigenvalue weighted by atomic mass is 9.97. The lowest BCUT2D eigenvalue weighted by Gasteiger charge is -2.09. The minimum atomic E-state index is -4.44. The van der Waals surface area contributed by atoms with Crippen molar-refractivity contribution in [2.75, 3.05) is 7.05 Å². The lowest BCUT2D eigenvalue weighted by molar-refractivity contribution is -0.0577. The molecule has 3 aromatic carbocycles. The topological polar surface area (TPSA) is 12.4 Å². The Labute approximate surface area is 138 Å². The van der Waals surface area contributed by atoms with Gasteiger partial charge in [0.2, 0.25) is 0 Å². The average Bonchev–Trinajstić information content (AvgIpc) is 2.57. The maximum Gasteiger partial charge on any atom is 0.432 e. The highest BCUT2D eigenvalue weighted by Crippen LogP contribution is 2.29. The van der Waals surface area contributed by atoms with Gasteiger partial charge in [0, 0.05) is 7.05 Å². The number of hydrogen-bond acceptors (Lipinski definition) is 1. The molecule has 3 rings (SSSR count). The van der Waals surface area contributed by atoms with Crippen molar-refractivity contribution in [3.63, 3.8) is 0 Å². The zero-order valence-electron chi connectivity index (χ0n) is 13.4. The van der Waals surface area contributed by atoms with Crippen LogP contribution >= 0.6 is 0 Å². The van der Waals surface area contributed by atoms with Crippen LogP contribution in [0.15, 0.2) is 65.7 Å². The first-order valence-electron chi connectivity index (χ1n) is 7.54. The van der Waals surface area contributed by atoms with Crippen molar-refractivity contribution in [3.05, 3.63) is 66.2 Å². The molecular formula is C20H16F3N. The number of aliphatic imine (C=N–C) groups is 1. The second kappa shape index (κ2) is 6.11. The molecule has 1 nitrogen and oxygen atoms in total. The highest BCUT2D eigenvalue weighted by atomic mass is 19.4. The van der Waals surface area contributed by atoms with E-state index in [-0.39, 0.29) is 0 Å². The fourth-order valence-electron chi connectivity index (χ4n) is 2.82. The fourth-order valence-corrected chi connectivity index (χ4v) is 2.82. The number of halogens is 3. The zero-order chi connectivity index (χ0) is 17.3. The van der Waals surface area contributed by atoms with Crippen LogP contribution in [-0.2, 0) is 0 Å². The Hall–Kier alpha value is -2.62. The smallest absolute Gasteiger partial charge is 0.284 e. The Morgan fingerprint density at radius 3 is 2.29 bits per heavy atom. The van der Waals surface area contributed by atoms with Gasteiger partial charge in [-0.3, -0.25) is 4.99 Å². The molecule has 0 radical (unpaired) electrons. The first kappa shape index (κ1) is 16.2. The minimum Gasteiger partial charge on any atom is -0.284 e. The van der Waals surface area contributed by atoms with Crippen LogP contribution in [0.2, 0.25) is 0 Å². The molecule has 0 bridgehead atoms. The third kappa shape index (κ3) is 3.04. The summed E-state index contributed by atoms with van der Waals surface area (Å²) in [6.07, 6.45) is -3.36. The summed E-state index contributed by atoms with van der Waals surface area (Å²) in [5, 5.41) is 4.36. The molecule has 0 aliphatic heterocycles. The van der Waals surface area contributed by atoms with Gasteiger partial charge in [-0.2, -0.15) is 13.2 Å². The Morgan fingerprint density at radius 2 is 1.58 bits per heavy atom. The van der Waals surface area contributed by atoms with Crippen molar-refractivity contribution in [3.8, 4) is 0 Å². The van der Waals surface area contributed by atoms with Crippen molar-refractivity contribution < 1.29 is 13.2 Å². The molecule has 0 aliphatic carbocycles. The number of nitrogens with zero attached hydrogens (tertiary/aromatic N) is 1. The molecule has 0 amide bonds. The van der Waals surface area contributed by atoms with Crippen LogP contribution in [0.1, 0.15) is 12.5 Å². The zero-order valence-corrected chi connectivity index (χ0v) is 13.4. The van der Waals surface area contributed by atoms with Crippen molar-refractivity contribution in [2.45, 2.75) is 13.1 Å². The van der Waals surface area contributed by atoms with Crippen molar-refractivity contribution in [1.82, 2.24) is 0 Å². The van der Waals surface area contributed by atoms with E-state index in [1.54, 1.807) is 6.92 Å². The summed E-state index contributed by atoms with van der Waals surface area (Å²) < 4.78 is 38.5. The lowest BCUT2D eigenvalue weighted by Crippen LogP contribution is -2.20. The molecule has 0 aliphatic rings. The predicted octanol–water partition coefficient (Wildman–Crippen LogP) is 6.03. The molecule has 4 heteroatoms. The highest BCUT2D eigenvalue weighted by Gasteiger charge is 2.33. The Morgan fingerprint density at radius 1 is 0.917 bits per heavy atom. The summed E-state index contributed by atoms with van der Waals surface area (Å²) in [7, 11) is 1.15. The van der Waals surface area contributed by atoms with Crippen LogP contribution in [0, 0.1) is 0 Å². The van der Waals surface area contributed by atoms with E-state index >= 15 is 0 Å². The van der Waals surface area contributed by atoms with Crippen LogP contribution in [0.25, 0.3) is 27.1 Å². The van der Waals surface area contributed by atoms with Gasteiger partial charge in [0.25, 0.3) is 0 Å². The molecule has 0 heterocycles. The van der Waals surface area contributed by atoms with Gasteiger partial charge in [-0.15, -0.1) is 0 Å². The quantitative estimate of drug-likeness (QED) is 0.402. The molecule has 24 heavy (non-hydrogen) atoms. The van der Waals surface area contributed by atoms with Crippen molar-refractivity contribution >= 4 is 32.8 Å². The predicted molar refractivity (Wildman–Crippen MR) is 94.5 cm³/mol. The molecule has 0 spiro atoms. The maximum atomic E-state index is 12.8. The molecule has 0 saturated heterocycles. The molecule has 0 atom stereocenters. The van der Waals surface area contributed by atoms with Crippen LogP contribution in [0.5, 0.6) is 0 Å².